The summed E-state index contributed by atoms with van der Waals surface area (Å²) < 4.78 is 11.1. The fourth-order valence-electron chi connectivity index (χ4n) is 2.41. The molecule has 1 N–H and O–H groups in total. The Hall–Kier alpha value is -1.06. The highest BCUT2D eigenvalue weighted by Crippen LogP contribution is 2.36. The molecule has 3 nitrogen and oxygen atoms in total. The van der Waals surface area contributed by atoms with E-state index >= 15 is 0 Å². The highest BCUT2D eigenvalue weighted by molar-refractivity contribution is 5.45. The van der Waals surface area contributed by atoms with Gasteiger partial charge in [-0.2, -0.15) is 0 Å². The van der Waals surface area contributed by atoms with Crippen LogP contribution < -0.4 is 10.1 Å². The van der Waals surface area contributed by atoms with Gasteiger partial charge in [-0.15, -0.1) is 0 Å². The normalized spacial score (nSPS) is 18.1. The van der Waals surface area contributed by atoms with Crippen molar-refractivity contribution in [2.24, 2.45) is 0 Å². The van der Waals surface area contributed by atoms with E-state index in [1.165, 1.54) is 11.1 Å². The molecule has 0 fully saturated rings. The van der Waals surface area contributed by atoms with E-state index in [-0.39, 0.29) is 0 Å². The molecule has 1 aliphatic rings. The minimum Gasteiger partial charge on any atom is -0.491 e. The van der Waals surface area contributed by atoms with Crippen molar-refractivity contribution in [2.45, 2.75) is 25.8 Å². The van der Waals surface area contributed by atoms with Crippen LogP contribution in [-0.2, 0) is 11.2 Å². The van der Waals surface area contributed by atoms with E-state index in [1.54, 1.807) is 0 Å². The highest BCUT2D eigenvalue weighted by Gasteiger charge is 2.23. The summed E-state index contributed by atoms with van der Waals surface area (Å²) in [6.07, 6.45) is 2.27. The van der Waals surface area contributed by atoms with Gasteiger partial charge in [0.2, 0.25) is 0 Å². The van der Waals surface area contributed by atoms with E-state index in [2.05, 4.69) is 23.5 Å². The third kappa shape index (κ3) is 2.79. The van der Waals surface area contributed by atoms with Gasteiger partial charge in [0.05, 0.1) is 6.61 Å². The maximum Gasteiger partial charge on any atom is 0.122 e. The van der Waals surface area contributed by atoms with Gasteiger partial charge in [-0.3, -0.25) is 0 Å². The van der Waals surface area contributed by atoms with Gasteiger partial charge in [0, 0.05) is 12.6 Å². The quantitative estimate of drug-likeness (QED) is 0.767. The first-order valence-corrected chi connectivity index (χ1v) is 6.36. The van der Waals surface area contributed by atoms with E-state index in [0.717, 1.165) is 25.2 Å². The minimum absolute atomic E-state index is 0.487. The maximum atomic E-state index is 5.79. The summed E-state index contributed by atoms with van der Waals surface area (Å²) in [4.78, 5) is 0. The van der Waals surface area contributed by atoms with Crippen LogP contribution in [0.2, 0.25) is 0 Å². The lowest BCUT2D eigenvalue weighted by Crippen LogP contribution is -2.12. The van der Waals surface area contributed by atoms with Crippen LogP contribution >= 0.6 is 0 Å². The summed E-state index contributed by atoms with van der Waals surface area (Å²) >= 11 is 0. The van der Waals surface area contributed by atoms with Gasteiger partial charge in [-0.05, 0) is 44.0 Å². The lowest BCUT2D eigenvalue weighted by Gasteiger charge is -2.13. The molecule has 3 heteroatoms. The van der Waals surface area contributed by atoms with Crippen molar-refractivity contribution < 1.29 is 9.47 Å². The first-order valence-electron chi connectivity index (χ1n) is 6.36. The molecule has 1 atom stereocenters. The molecule has 17 heavy (non-hydrogen) atoms. The van der Waals surface area contributed by atoms with E-state index in [1.807, 2.05) is 14.0 Å². The monoisotopic (exact) mass is 235 g/mol. The molecule has 0 amide bonds. The van der Waals surface area contributed by atoms with Gasteiger partial charge in [0.15, 0.2) is 0 Å². The number of hydrogen-bond acceptors (Lipinski definition) is 3. The summed E-state index contributed by atoms with van der Waals surface area (Å²) in [7, 11) is 2.02. The van der Waals surface area contributed by atoms with Crippen molar-refractivity contribution in [1.29, 1.82) is 0 Å². The Labute approximate surface area is 103 Å². The third-order valence-electron chi connectivity index (χ3n) is 3.27. The molecule has 1 aromatic rings. The molecule has 0 radical (unpaired) electrons. The van der Waals surface area contributed by atoms with Crippen LogP contribution in [0.5, 0.6) is 5.75 Å². The van der Waals surface area contributed by atoms with E-state index < -0.39 is 0 Å². The molecular formula is C14H21NO2. The van der Waals surface area contributed by atoms with Crippen LogP contribution in [0.4, 0.5) is 0 Å². The van der Waals surface area contributed by atoms with E-state index in [4.69, 9.17) is 9.47 Å². The van der Waals surface area contributed by atoms with Crippen molar-refractivity contribution >= 4 is 0 Å². The second-order valence-electron chi connectivity index (χ2n) is 4.25. The zero-order valence-corrected chi connectivity index (χ0v) is 10.7. The van der Waals surface area contributed by atoms with Crippen LogP contribution in [0.25, 0.3) is 0 Å². The average Bonchev–Trinajstić information content (AvgIpc) is 2.78. The molecule has 1 unspecified atom stereocenters. The number of fused-ring (bicyclic) bond motifs is 1. The first-order chi connectivity index (χ1) is 8.36. The second-order valence-corrected chi connectivity index (χ2v) is 4.25. The highest BCUT2D eigenvalue weighted by atomic mass is 16.5. The molecule has 0 bridgehead atoms. The van der Waals surface area contributed by atoms with Crippen LogP contribution in [-0.4, -0.2) is 26.9 Å². The Balaban J connectivity index is 2.01. The number of ether oxygens (including phenoxy) is 2. The lowest BCUT2D eigenvalue weighted by molar-refractivity contribution is 0.110. The van der Waals surface area contributed by atoms with E-state index in [9.17, 15) is 0 Å². The van der Waals surface area contributed by atoms with Crippen LogP contribution in [0.15, 0.2) is 18.2 Å². The summed E-state index contributed by atoms with van der Waals surface area (Å²) in [5, 5.41) is 3.34. The standard InChI is InChI=1S/C14H21NO2/c1-3-16-9-10-17-14-6-4-5-11-12(14)7-8-13(11)15-2/h4-6,13,15H,3,7-10H2,1-2H3. The van der Waals surface area contributed by atoms with Gasteiger partial charge in [-0.1, -0.05) is 12.1 Å². The molecular weight excluding hydrogens is 214 g/mol. The van der Waals surface area contributed by atoms with Gasteiger partial charge in [0.1, 0.15) is 12.4 Å². The summed E-state index contributed by atoms with van der Waals surface area (Å²) in [6, 6.07) is 6.81. The van der Waals surface area contributed by atoms with Crippen molar-refractivity contribution in [1.82, 2.24) is 5.32 Å². The Bertz CT molecular complexity index is 365. The fourth-order valence-corrected chi connectivity index (χ4v) is 2.41. The zero-order chi connectivity index (χ0) is 12.1. The summed E-state index contributed by atoms with van der Waals surface area (Å²) in [6.45, 7) is 4.04. The molecule has 0 heterocycles. The summed E-state index contributed by atoms with van der Waals surface area (Å²) in [5.41, 5.74) is 2.75. The van der Waals surface area contributed by atoms with Crippen molar-refractivity contribution in [2.75, 3.05) is 26.9 Å². The topological polar surface area (TPSA) is 30.5 Å². The van der Waals surface area contributed by atoms with Crippen molar-refractivity contribution in [3.63, 3.8) is 0 Å². The smallest absolute Gasteiger partial charge is 0.122 e. The van der Waals surface area contributed by atoms with Crippen LogP contribution in [0.1, 0.15) is 30.5 Å². The predicted octanol–water partition coefficient (Wildman–Crippen LogP) is 2.31. The van der Waals surface area contributed by atoms with Crippen LogP contribution in [0, 0.1) is 0 Å². The first kappa shape index (κ1) is 12.4. The van der Waals surface area contributed by atoms with Gasteiger partial charge in [0.25, 0.3) is 0 Å². The number of hydrogen-bond donors (Lipinski definition) is 1. The molecule has 0 spiro atoms. The lowest BCUT2D eigenvalue weighted by atomic mass is 10.1. The molecule has 1 aliphatic carbocycles. The fraction of sp³-hybridized carbons (Fsp3) is 0.571. The van der Waals surface area contributed by atoms with Crippen LogP contribution in [0.3, 0.4) is 0 Å². The van der Waals surface area contributed by atoms with E-state index in [0.29, 0.717) is 19.3 Å². The average molecular weight is 235 g/mol. The zero-order valence-electron chi connectivity index (χ0n) is 10.7. The molecule has 1 aromatic carbocycles. The Morgan fingerprint density at radius 2 is 2.24 bits per heavy atom. The maximum absolute atomic E-state index is 5.79. The number of benzene rings is 1. The second kappa shape index (κ2) is 6.03. The van der Waals surface area contributed by atoms with Crippen molar-refractivity contribution in [3.8, 4) is 5.75 Å². The van der Waals surface area contributed by atoms with Gasteiger partial charge < -0.3 is 14.8 Å². The molecule has 2 rings (SSSR count). The minimum atomic E-state index is 0.487. The third-order valence-corrected chi connectivity index (χ3v) is 3.27. The molecule has 0 saturated carbocycles. The van der Waals surface area contributed by atoms with Crippen molar-refractivity contribution in [3.05, 3.63) is 29.3 Å². The number of rotatable bonds is 6. The Morgan fingerprint density at radius 1 is 1.35 bits per heavy atom. The Morgan fingerprint density at radius 3 is 3.00 bits per heavy atom. The van der Waals surface area contributed by atoms with Gasteiger partial charge >= 0.3 is 0 Å². The summed E-state index contributed by atoms with van der Waals surface area (Å²) in [5.74, 6) is 1.03. The predicted molar refractivity (Wildman–Crippen MR) is 68.6 cm³/mol. The molecule has 94 valence electrons. The number of nitrogens with one attached hydrogen (secondary N) is 1. The Kier molecular flexibility index (Phi) is 4.40. The molecule has 0 aromatic heterocycles. The SMILES string of the molecule is CCOCCOc1cccc2c1CCC2NC. The molecule has 0 aliphatic heterocycles. The van der Waals surface area contributed by atoms with Gasteiger partial charge in [-0.25, -0.2) is 0 Å². The largest absolute Gasteiger partial charge is 0.491 e. The molecule has 0 saturated heterocycles.